The lowest BCUT2D eigenvalue weighted by Gasteiger charge is -1.97. The fourth-order valence-electron chi connectivity index (χ4n) is 0.567. The first-order chi connectivity index (χ1) is 5.91. The molecule has 0 aliphatic rings. The van der Waals surface area contributed by atoms with Gasteiger partial charge >= 0.3 is 0 Å². The Morgan fingerprint density at radius 2 is 2.42 bits per heavy atom. The Labute approximate surface area is 73.7 Å². The molecule has 0 rings (SSSR count). The Morgan fingerprint density at radius 1 is 1.58 bits per heavy atom. The zero-order valence-electron chi connectivity index (χ0n) is 7.62. The molecule has 0 radical (unpaired) electrons. The number of hydrogen-bond acceptors (Lipinski definition) is 3. The second-order valence-electron chi connectivity index (χ2n) is 2.26. The summed E-state index contributed by atoms with van der Waals surface area (Å²) >= 11 is 0. The van der Waals surface area contributed by atoms with E-state index in [9.17, 15) is 0 Å². The van der Waals surface area contributed by atoms with E-state index in [2.05, 4.69) is 29.3 Å². The zero-order chi connectivity index (χ0) is 9.07. The van der Waals surface area contributed by atoms with Gasteiger partial charge in [0.25, 0.3) is 0 Å². The molecule has 0 heterocycles. The molecule has 0 aromatic carbocycles. The van der Waals surface area contributed by atoms with Crippen molar-refractivity contribution < 1.29 is 4.74 Å². The molecule has 0 saturated carbocycles. The predicted molar refractivity (Wildman–Crippen MR) is 48.8 cm³/mol. The molecular weight excluding hydrogens is 154 g/mol. The maximum Gasteiger partial charge on any atom is 0.106 e. The van der Waals surface area contributed by atoms with Crippen LogP contribution in [0.25, 0.3) is 0 Å². The van der Waals surface area contributed by atoms with Crippen molar-refractivity contribution in [3.8, 4) is 0 Å². The second kappa shape index (κ2) is 9.94. The molecular formula is C8H17N3O. The molecule has 0 amide bonds. The van der Waals surface area contributed by atoms with Crippen LogP contribution in [0.1, 0.15) is 19.8 Å². The summed E-state index contributed by atoms with van der Waals surface area (Å²) < 4.78 is 4.86. The van der Waals surface area contributed by atoms with Gasteiger partial charge in [0, 0.05) is 0 Å². The first-order valence-corrected chi connectivity index (χ1v) is 4.23. The molecule has 0 aromatic heterocycles. The molecule has 0 fully saturated rings. The summed E-state index contributed by atoms with van der Waals surface area (Å²) in [5, 5.41) is 7.63. The van der Waals surface area contributed by atoms with Gasteiger partial charge in [0.1, 0.15) is 6.61 Å². The zero-order valence-corrected chi connectivity index (χ0v) is 7.62. The minimum absolute atomic E-state index is 0.580. The van der Waals surface area contributed by atoms with Crippen LogP contribution in [-0.2, 0) is 4.74 Å². The van der Waals surface area contributed by atoms with Gasteiger partial charge in [0.2, 0.25) is 0 Å². The van der Waals surface area contributed by atoms with E-state index in [1.54, 1.807) is 0 Å². The number of nitrogens with zero attached hydrogens (tertiary/aromatic N) is 2. The van der Waals surface area contributed by atoms with E-state index < -0.39 is 0 Å². The first kappa shape index (κ1) is 10.9. The maximum absolute atomic E-state index is 4.86. The van der Waals surface area contributed by atoms with Crippen molar-refractivity contribution in [2.24, 2.45) is 10.3 Å². The molecule has 0 aliphatic heterocycles. The van der Waals surface area contributed by atoms with Crippen molar-refractivity contribution in [3.05, 3.63) is 12.8 Å². The summed E-state index contributed by atoms with van der Waals surface area (Å²) in [6.07, 6.45) is 3.66. The number of ether oxygens (including phenoxy) is 1. The normalized spacial score (nSPS) is 10.1. The van der Waals surface area contributed by atoms with Gasteiger partial charge in [-0.15, -0.1) is 0 Å². The highest BCUT2D eigenvalue weighted by atomic mass is 16.5. The quantitative estimate of drug-likeness (QED) is 0.262. The standard InChI is InChI=1S/C8H17N3O/c1-3-5-6-9-11-10-7-8-12-4-2/h4H,2-3,5-8H2,1H3,(H,9,10). The van der Waals surface area contributed by atoms with Crippen molar-refractivity contribution in [1.82, 2.24) is 5.43 Å². The van der Waals surface area contributed by atoms with Gasteiger partial charge in [0.15, 0.2) is 0 Å². The van der Waals surface area contributed by atoms with Gasteiger partial charge in [-0.1, -0.05) is 25.1 Å². The summed E-state index contributed by atoms with van der Waals surface area (Å²) in [6, 6.07) is 0. The molecule has 0 aliphatic carbocycles. The van der Waals surface area contributed by atoms with Gasteiger partial charge < -0.3 is 4.74 Å². The van der Waals surface area contributed by atoms with E-state index in [1.807, 2.05) is 0 Å². The number of rotatable bonds is 8. The molecule has 0 bridgehead atoms. The van der Waals surface area contributed by atoms with Crippen LogP contribution in [0.4, 0.5) is 0 Å². The number of nitrogens with one attached hydrogen (secondary N) is 1. The Kier molecular flexibility index (Phi) is 9.06. The molecule has 70 valence electrons. The van der Waals surface area contributed by atoms with Crippen LogP contribution in [0, 0.1) is 0 Å². The van der Waals surface area contributed by atoms with Crippen LogP contribution in [-0.4, -0.2) is 19.7 Å². The first-order valence-electron chi connectivity index (χ1n) is 4.23. The smallest absolute Gasteiger partial charge is 0.106 e. The lowest BCUT2D eigenvalue weighted by Crippen LogP contribution is -2.11. The largest absolute Gasteiger partial charge is 0.500 e. The molecule has 1 N–H and O–H groups in total. The number of hydrogen-bond donors (Lipinski definition) is 1. The fourth-order valence-corrected chi connectivity index (χ4v) is 0.567. The van der Waals surface area contributed by atoms with Crippen molar-refractivity contribution >= 4 is 0 Å². The Morgan fingerprint density at radius 3 is 3.08 bits per heavy atom. The minimum atomic E-state index is 0.580. The van der Waals surface area contributed by atoms with Gasteiger partial charge in [-0.3, -0.25) is 5.43 Å². The summed E-state index contributed by atoms with van der Waals surface area (Å²) in [6.45, 7) is 7.59. The summed E-state index contributed by atoms with van der Waals surface area (Å²) in [7, 11) is 0. The second-order valence-corrected chi connectivity index (χ2v) is 2.26. The van der Waals surface area contributed by atoms with E-state index >= 15 is 0 Å². The predicted octanol–water partition coefficient (Wildman–Crippen LogP) is 1.90. The molecule has 4 nitrogen and oxygen atoms in total. The van der Waals surface area contributed by atoms with Crippen LogP contribution < -0.4 is 5.43 Å². The highest BCUT2D eigenvalue weighted by Crippen LogP contribution is 1.86. The average molecular weight is 171 g/mol. The molecule has 0 spiro atoms. The molecule has 0 unspecified atom stereocenters. The molecule has 12 heavy (non-hydrogen) atoms. The third-order valence-electron chi connectivity index (χ3n) is 1.20. The van der Waals surface area contributed by atoms with Crippen molar-refractivity contribution in [1.29, 1.82) is 0 Å². The van der Waals surface area contributed by atoms with E-state index in [4.69, 9.17) is 4.74 Å². The lowest BCUT2D eigenvalue weighted by molar-refractivity contribution is 0.250. The van der Waals surface area contributed by atoms with Gasteiger partial charge in [-0.05, 0) is 6.42 Å². The maximum atomic E-state index is 4.86. The Balaban J connectivity index is 2.97. The summed E-state index contributed by atoms with van der Waals surface area (Å²) in [4.78, 5) is 0. The van der Waals surface area contributed by atoms with Crippen molar-refractivity contribution in [3.63, 3.8) is 0 Å². The van der Waals surface area contributed by atoms with Crippen molar-refractivity contribution in [2.45, 2.75) is 19.8 Å². The molecule has 0 atom stereocenters. The van der Waals surface area contributed by atoms with Crippen LogP contribution in [0.3, 0.4) is 0 Å². The van der Waals surface area contributed by atoms with Gasteiger partial charge in [-0.25, -0.2) is 0 Å². The van der Waals surface area contributed by atoms with E-state index in [0.29, 0.717) is 13.2 Å². The van der Waals surface area contributed by atoms with E-state index in [-0.39, 0.29) is 0 Å². The molecule has 0 aromatic rings. The van der Waals surface area contributed by atoms with Crippen molar-refractivity contribution in [2.75, 3.05) is 19.7 Å². The third kappa shape index (κ3) is 8.94. The van der Waals surface area contributed by atoms with Crippen LogP contribution in [0.15, 0.2) is 23.2 Å². The highest BCUT2D eigenvalue weighted by molar-refractivity contribution is 4.49. The van der Waals surface area contributed by atoms with Gasteiger partial charge in [0.05, 0.1) is 19.4 Å². The molecule has 0 saturated heterocycles. The van der Waals surface area contributed by atoms with E-state index in [0.717, 1.165) is 19.4 Å². The Bertz CT molecular complexity index is 125. The van der Waals surface area contributed by atoms with E-state index in [1.165, 1.54) is 6.26 Å². The molecule has 4 heteroatoms. The highest BCUT2D eigenvalue weighted by Gasteiger charge is 1.81. The minimum Gasteiger partial charge on any atom is -0.500 e. The van der Waals surface area contributed by atoms with Crippen LogP contribution in [0.5, 0.6) is 0 Å². The topological polar surface area (TPSA) is 46.0 Å². The van der Waals surface area contributed by atoms with Crippen LogP contribution in [0.2, 0.25) is 0 Å². The third-order valence-corrected chi connectivity index (χ3v) is 1.20. The summed E-state index contributed by atoms with van der Waals surface area (Å²) in [5.41, 5.74) is 2.76. The summed E-state index contributed by atoms with van der Waals surface area (Å²) in [5.74, 6) is 0. The SMILES string of the molecule is C=COCCNN=NCCCC. The van der Waals surface area contributed by atoms with Gasteiger partial charge in [-0.2, -0.15) is 5.11 Å². The lowest BCUT2D eigenvalue weighted by atomic mass is 10.3. The number of unbranched alkanes of at least 4 members (excludes halogenated alkanes) is 1. The monoisotopic (exact) mass is 171 g/mol. The van der Waals surface area contributed by atoms with Crippen LogP contribution >= 0.6 is 0 Å². The average Bonchev–Trinajstić information content (AvgIpc) is 2.10. The fraction of sp³-hybridized carbons (Fsp3) is 0.750. The Hall–Kier alpha value is -1.06.